The lowest BCUT2D eigenvalue weighted by Gasteiger charge is -2.30. The summed E-state index contributed by atoms with van der Waals surface area (Å²) in [5.74, 6) is 0.462. The van der Waals surface area contributed by atoms with Crippen molar-refractivity contribution < 1.29 is 9.59 Å². The van der Waals surface area contributed by atoms with Crippen molar-refractivity contribution in [3.05, 3.63) is 68.7 Å². The van der Waals surface area contributed by atoms with Gasteiger partial charge in [-0.05, 0) is 35.7 Å². The number of nitrogens with zero attached hydrogens (tertiary/aromatic N) is 1. The normalized spacial score (nSPS) is 11.8. The first-order chi connectivity index (χ1) is 13.9. The van der Waals surface area contributed by atoms with E-state index in [9.17, 15) is 9.59 Å². The molecule has 0 radical (unpaired) electrons. The summed E-state index contributed by atoms with van der Waals surface area (Å²) in [4.78, 5) is 27.0. The monoisotopic (exact) mass is 472 g/mol. The Kier molecular flexibility index (Phi) is 9.63. The molecule has 8 heteroatoms. The van der Waals surface area contributed by atoms with Crippen molar-refractivity contribution in [3.63, 3.8) is 0 Å². The Balaban J connectivity index is 2.12. The summed E-state index contributed by atoms with van der Waals surface area (Å²) < 4.78 is 0. The van der Waals surface area contributed by atoms with Gasteiger partial charge in [0.1, 0.15) is 6.04 Å². The molecule has 1 N–H and O–H groups in total. The molecule has 0 heterocycles. The number of carbonyl (C=O) groups is 2. The molecule has 0 saturated heterocycles. The summed E-state index contributed by atoms with van der Waals surface area (Å²) >= 11 is 19.9. The molecule has 0 aliphatic rings. The fourth-order valence-corrected chi connectivity index (χ4v) is 4.53. The second-order valence-electron chi connectivity index (χ2n) is 6.38. The van der Waals surface area contributed by atoms with Gasteiger partial charge in [-0.2, -0.15) is 0 Å². The van der Waals surface area contributed by atoms with Gasteiger partial charge >= 0.3 is 0 Å². The number of thioether (sulfide) groups is 1. The number of amides is 2. The molecule has 4 nitrogen and oxygen atoms in total. The van der Waals surface area contributed by atoms with Crippen molar-refractivity contribution in [2.75, 3.05) is 12.8 Å². The van der Waals surface area contributed by atoms with E-state index in [-0.39, 0.29) is 24.1 Å². The van der Waals surface area contributed by atoms with Gasteiger partial charge < -0.3 is 10.2 Å². The topological polar surface area (TPSA) is 49.4 Å². The summed E-state index contributed by atoms with van der Waals surface area (Å²) in [5, 5.41) is 4.35. The molecule has 0 aliphatic carbocycles. The molecule has 2 aromatic rings. The fourth-order valence-electron chi connectivity index (χ4n) is 2.87. The minimum absolute atomic E-state index is 0.129. The Bertz CT molecular complexity index is 864. The van der Waals surface area contributed by atoms with Crippen molar-refractivity contribution in [1.29, 1.82) is 0 Å². The van der Waals surface area contributed by atoms with Gasteiger partial charge in [0.2, 0.25) is 11.8 Å². The Morgan fingerprint density at radius 1 is 1.07 bits per heavy atom. The zero-order chi connectivity index (χ0) is 21.4. The second kappa shape index (κ2) is 11.7. The smallest absolute Gasteiger partial charge is 0.242 e. The highest BCUT2D eigenvalue weighted by molar-refractivity contribution is 7.99. The predicted octanol–water partition coefficient (Wildman–Crippen LogP) is 5.43. The summed E-state index contributed by atoms with van der Waals surface area (Å²) in [6, 6.07) is 12.1. The van der Waals surface area contributed by atoms with Gasteiger partial charge in [-0.15, -0.1) is 11.8 Å². The van der Waals surface area contributed by atoms with Crippen LogP contribution < -0.4 is 5.32 Å². The summed E-state index contributed by atoms with van der Waals surface area (Å²) in [5.41, 5.74) is 1.71. The van der Waals surface area contributed by atoms with Crippen molar-refractivity contribution in [2.45, 2.75) is 31.7 Å². The lowest BCUT2D eigenvalue weighted by Crippen LogP contribution is -2.48. The summed E-state index contributed by atoms with van der Waals surface area (Å²) in [6.45, 7) is 2.15. The van der Waals surface area contributed by atoms with Crippen molar-refractivity contribution in [1.82, 2.24) is 10.2 Å². The molecule has 0 aromatic heterocycles. The number of hydrogen-bond acceptors (Lipinski definition) is 3. The number of halogens is 3. The average molecular weight is 474 g/mol. The van der Waals surface area contributed by atoms with Crippen molar-refractivity contribution in [2.24, 2.45) is 0 Å². The quantitative estimate of drug-likeness (QED) is 0.528. The summed E-state index contributed by atoms with van der Waals surface area (Å²) in [6.07, 6.45) is 0.504. The van der Waals surface area contributed by atoms with Crippen molar-refractivity contribution >= 4 is 58.4 Å². The van der Waals surface area contributed by atoms with E-state index in [4.69, 9.17) is 34.8 Å². The van der Waals surface area contributed by atoms with Crippen LogP contribution in [-0.4, -0.2) is 35.6 Å². The highest BCUT2D eigenvalue weighted by Gasteiger charge is 2.28. The third-order valence-corrected chi connectivity index (χ3v) is 6.35. The van der Waals surface area contributed by atoms with Crippen LogP contribution in [0.4, 0.5) is 0 Å². The first-order valence-corrected chi connectivity index (χ1v) is 11.4. The lowest BCUT2D eigenvalue weighted by atomic mass is 10.1. The van der Waals surface area contributed by atoms with Crippen LogP contribution in [0.2, 0.25) is 15.1 Å². The first kappa shape index (κ1) is 23.9. The van der Waals surface area contributed by atoms with Crippen LogP contribution in [0.5, 0.6) is 0 Å². The second-order valence-corrected chi connectivity index (χ2v) is 8.62. The molecule has 2 aromatic carbocycles. The predicted molar refractivity (Wildman–Crippen MR) is 123 cm³/mol. The standard InChI is InChI=1S/C21H23Cl3N2O2S/c1-3-19(21(28)25-2)26(11-14-6-4-5-7-17(14)23)20(27)13-29-12-15-8-9-16(22)10-18(15)24/h4-10,19H,3,11-13H2,1-2H3,(H,25,28)/t19-/m1/s1. The van der Waals surface area contributed by atoms with Crippen molar-refractivity contribution in [3.8, 4) is 0 Å². The Labute approximate surface area is 190 Å². The molecule has 0 unspecified atom stereocenters. The first-order valence-electron chi connectivity index (χ1n) is 9.13. The van der Waals surface area contributed by atoms with E-state index in [1.54, 1.807) is 30.1 Å². The van der Waals surface area contributed by atoms with Crippen LogP contribution in [0, 0.1) is 0 Å². The average Bonchev–Trinajstić information content (AvgIpc) is 2.70. The van der Waals surface area contributed by atoms with Gasteiger partial charge in [0, 0.05) is 34.4 Å². The number of likely N-dealkylation sites (N-methyl/N-ethyl adjacent to an activating group) is 1. The van der Waals surface area contributed by atoms with Gasteiger partial charge in [0.15, 0.2) is 0 Å². The minimum atomic E-state index is -0.566. The fraction of sp³-hybridized carbons (Fsp3) is 0.333. The zero-order valence-corrected chi connectivity index (χ0v) is 19.3. The molecule has 156 valence electrons. The number of carbonyl (C=O) groups excluding carboxylic acids is 2. The van der Waals surface area contributed by atoms with Crippen LogP contribution in [0.15, 0.2) is 42.5 Å². The van der Waals surface area contributed by atoms with Gasteiger partial charge in [0.05, 0.1) is 5.75 Å². The van der Waals surface area contributed by atoms with E-state index < -0.39 is 6.04 Å². The number of rotatable bonds is 9. The van der Waals surface area contributed by atoms with E-state index in [2.05, 4.69) is 5.32 Å². The Morgan fingerprint density at radius 2 is 1.79 bits per heavy atom. The Morgan fingerprint density at radius 3 is 2.41 bits per heavy atom. The molecule has 29 heavy (non-hydrogen) atoms. The largest absolute Gasteiger partial charge is 0.357 e. The highest BCUT2D eigenvalue weighted by Crippen LogP contribution is 2.26. The maximum absolute atomic E-state index is 13.0. The van der Waals surface area contributed by atoms with E-state index in [1.807, 2.05) is 31.2 Å². The van der Waals surface area contributed by atoms with Gasteiger partial charge in [0.25, 0.3) is 0 Å². The van der Waals surface area contributed by atoms with Gasteiger partial charge in [-0.1, -0.05) is 66.0 Å². The van der Waals surface area contributed by atoms with Gasteiger partial charge in [-0.25, -0.2) is 0 Å². The third-order valence-electron chi connectivity index (χ3n) is 4.43. The zero-order valence-electron chi connectivity index (χ0n) is 16.3. The molecular weight excluding hydrogens is 451 g/mol. The molecule has 1 atom stereocenters. The molecule has 0 saturated carbocycles. The number of nitrogens with one attached hydrogen (secondary N) is 1. The third kappa shape index (κ3) is 6.82. The van der Waals surface area contributed by atoms with Crippen LogP contribution in [0.1, 0.15) is 24.5 Å². The molecule has 0 aliphatic heterocycles. The molecule has 2 rings (SSSR count). The molecule has 0 fully saturated rings. The van der Waals surface area contributed by atoms with Crippen LogP contribution in [0.25, 0.3) is 0 Å². The molecule has 0 spiro atoms. The van der Waals surface area contributed by atoms with Crippen LogP contribution in [-0.2, 0) is 21.9 Å². The van der Waals surface area contributed by atoms with Crippen LogP contribution >= 0.6 is 46.6 Å². The molecular formula is C21H23Cl3N2O2S. The maximum atomic E-state index is 13.0. The minimum Gasteiger partial charge on any atom is -0.357 e. The van der Waals surface area contributed by atoms with Crippen LogP contribution in [0.3, 0.4) is 0 Å². The summed E-state index contributed by atoms with van der Waals surface area (Å²) in [7, 11) is 1.57. The highest BCUT2D eigenvalue weighted by atomic mass is 35.5. The van der Waals surface area contributed by atoms with Gasteiger partial charge in [-0.3, -0.25) is 9.59 Å². The number of benzene rings is 2. The lowest BCUT2D eigenvalue weighted by molar-refractivity contribution is -0.139. The van der Waals surface area contributed by atoms with E-state index >= 15 is 0 Å². The van der Waals surface area contributed by atoms with E-state index in [1.165, 1.54) is 11.8 Å². The molecule has 0 bridgehead atoms. The Hall–Kier alpha value is -1.40. The maximum Gasteiger partial charge on any atom is 0.242 e. The SMILES string of the molecule is CC[C@H](C(=O)NC)N(Cc1ccccc1Cl)C(=O)CSCc1ccc(Cl)cc1Cl. The van der Waals surface area contributed by atoms with E-state index in [0.29, 0.717) is 27.2 Å². The van der Waals surface area contributed by atoms with E-state index in [0.717, 1.165) is 11.1 Å². The molecule has 2 amide bonds. The number of hydrogen-bond donors (Lipinski definition) is 1.